The van der Waals surface area contributed by atoms with Gasteiger partial charge in [0.05, 0.1) is 30.5 Å². The molecule has 3 heterocycles. The quantitative estimate of drug-likeness (QED) is 0.405. The zero-order chi connectivity index (χ0) is 29.5. The number of nitrogens with one attached hydrogen (secondary N) is 1. The molecule has 2 aromatic carbocycles. The molecule has 1 N–H and O–H groups in total. The fourth-order valence-electron chi connectivity index (χ4n) is 5.19. The summed E-state index contributed by atoms with van der Waals surface area (Å²) in [5.41, 5.74) is -0.835. The molecule has 0 spiro atoms. The Labute approximate surface area is 233 Å². The summed E-state index contributed by atoms with van der Waals surface area (Å²) in [5.74, 6) is -1.29. The summed E-state index contributed by atoms with van der Waals surface area (Å²) in [7, 11) is -2.71. The lowest BCUT2D eigenvalue weighted by Gasteiger charge is -2.46. The molecule has 0 saturated carbocycles. The topological polar surface area (TPSA) is 114 Å². The molecule has 0 radical (unpaired) electrons. The van der Waals surface area contributed by atoms with Crippen LogP contribution in [-0.4, -0.2) is 62.7 Å². The molecule has 2 atom stereocenters. The third kappa shape index (κ3) is 5.61. The van der Waals surface area contributed by atoms with Gasteiger partial charge in [-0.3, -0.25) is 9.52 Å². The standard InChI is InChI=1S/C26H26F4N4O6S/c1-3-15-4-5-16(10-18(15)26(28,29)30)17-11-22(38-2)21(12-19(17)27)34-20-6-8-33(13-23(20)39-14-25(34)35)41(36,37)32-24-7-9-40-31-24/h4-5,7,9-12,20,23H,3,6,8,13-14H2,1-2H3,(H,31,32)/t20-,23-/m1/s1. The summed E-state index contributed by atoms with van der Waals surface area (Å²) in [6, 6.07) is 6.60. The second kappa shape index (κ2) is 10.9. The van der Waals surface area contributed by atoms with Gasteiger partial charge in [-0.2, -0.15) is 25.9 Å². The smallest absolute Gasteiger partial charge is 0.416 e. The van der Waals surface area contributed by atoms with Crippen LogP contribution >= 0.6 is 0 Å². The minimum atomic E-state index is -4.62. The van der Waals surface area contributed by atoms with Crippen LogP contribution in [0, 0.1) is 5.82 Å². The van der Waals surface area contributed by atoms with Crippen LogP contribution < -0.4 is 14.4 Å². The molecule has 2 fully saturated rings. The van der Waals surface area contributed by atoms with Gasteiger partial charge in [0.25, 0.3) is 5.91 Å². The van der Waals surface area contributed by atoms with Crippen molar-refractivity contribution in [3.8, 4) is 16.9 Å². The van der Waals surface area contributed by atoms with Crippen LogP contribution in [-0.2, 0) is 32.3 Å². The highest BCUT2D eigenvalue weighted by molar-refractivity contribution is 7.90. The maximum absolute atomic E-state index is 15.6. The fraction of sp³-hybridized carbons (Fsp3) is 0.385. The Morgan fingerprint density at radius 1 is 1.20 bits per heavy atom. The largest absolute Gasteiger partial charge is 0.495 e. The molecule has 0 unspecified atom stereocenters. The van der Waals surface area contributed by atoms with Gasteiger partial charge in [0.1, 0.15) is 24.4 Å². The highest BCUT2D eigenvalue weighted by Gasteiger charge is 2.45. The summed E-state index contributed by atoms with van der Waals surface area (Å²) < 4.78 is 101. The van der Waals surface area contributed by atoms with E-state index in [0.717, 1.165) is 16.4 Å². The minimum Gasteiger partial charge on any atom is -0.495 e. The second-order valence-electron chi connectivity index (χ2n) is 9.55. The average Bonchev–Trinajstić information content (AvgIpc) is 3.44. The Hall–Kier alpha value is -3.69. The molecule has 220 valence electrons. The van der Waals surface area contributed by atoms with Gasteiger partial charge in [-0.1, -0.05) is 24.2 Å². The van der Waals surface area contributed by atoms with Gasteiger partial charge in [-0.25, -0.2) is 4.39 Å². The van der Waals surface area contributed by atoms with Gasteiger partial charge < -0.3 is 18.9 Å². The molecule has 5 rings (SSSR count). The van der Waals surface area contributed by atoms with E-state index in [9.17, 15) is 26.4 Å². The van der Waals surface area contributed by atoms with E-state index in [1.165, 1.54) is 42.5 Å². The predicted molar refractivity (Wildman–Crippen MR) is 139 cm³/mol. The lowest BCUT2D eigenvalue weighted by Crippen LogP contribution is -2.62. The van der Waals surface area contributed by atoms with Crippen molar-refractivity contribution in [3.05, 3.63) is 59.6 Å². The number of benzene rings is 2. The van der Waals surface area contributed by atoms with Gasteiger partial charge >= 0.3 is 16.4 Å². The molecule has 0 bridgehead atoms. The number of ether oxygens (including phenoxy) is 2. The third-order valence-corrected chi connectivity index (χ3v) is 8.63. The molecular weight excluding hydrogens is 572 g/mol. The summed E-state index contributed by atoms with van der Waals surface area (Å²) in [4.78, 5) is 14.4. The number of methoxy groups -OCH3 is 1. The van der Waals surface area contributed by atoms with E-state index < -0.39 is 52.4 Å². The highest BCUT2D eigenvalue weighted by Crippen LogP contribution is 2.41. The van der Waals surface area contributed by atoms with Crippen LogP contribution in [0.3, 0.4) is 0 Å². The summed E-state index contributed by atoms with van der Waals surface area (Å²) >= 11 is 0. The normalized spacial score (nSPS) is 20.1. The van der Waals surface area contributed by atoms with Crippen molar-refractivity contribution in [2.75, 3.05) is 36.4 Å². The number of hydrogen-bond acceptors (Lipinski definition) is 7. The van der Waals surface area contributed by atoms with E-state index in [4.69, 9.17) is 9.47 Å². The summed E-state index contributed by atoms with van der Waals surface area (Å²) in [6.45, 7) is 1.11. The number of nitrogens with zero attached hydrogens (tertiary/aromatic N) is 3. The number of aryl methyl sites for hydroxylation is 1. The number of alkyl halides is 3. The molecule has 1 amide bonds. The number of anilines is 2. The van der Waals surface area contributed by atoms with Crippen LogP contribution in [0.2, 0.25) is 0 Å². The number of halogens is 4. The van der Waals surface area contributed by atoms with Crippen molar-refractivity contribution in [2.45, 2.75) is 38.1 Å². The maximum atomic E-state index is 15.6. The molecule has 3 aromatic rings. The van der Waals surface area contributed by atoms with Gasteiger partial charge in [-0.05, 0) is 36.1 Å². The first kappa shape index (κ1) is 28.8. The number of fused-ring (bicyclic) bond motifs is 1. The van der Waals surface area contributed by atoms with Crippen molar-refractivity contribution in [2.24, 2.45) is 0 Å². The van der Waals surface area contributed by atoms with Gasteiger partial charge in [0.15, 0.2) is 5.82 Å². The first-order chi connectivity index (χ1) is 19.4. The molecule has 2 aliphatic rings. The van der Waals surface area contributed by atoms with E-state index in [-0.39, 0.29) is 59.9 Å². The van der Waals surface area contributed by atoms with Crippen LogP contribution in [0.25, 0.3) is 11.1 Å². The first-order valence-electron chi connectivity index (χ1n) is 12.6. The van der Waals surface area contributed by atoms with Crippen LogP contribution in [0.5, 0.6) is 5.75 Å². The Bertz CT molecular complexity index is 1550. The number of morpholine rings is 1. The van der Waals surface area contributed by atoms with Crippen molar-refractivity contribution in [3.63, 3.8) is 0 Å². The Morgan fingerprint density at radius 3 is 2.63 bits per heavy atom. The summed E-state index contributed by atoms with van der Waals surface area (Å²) in [6.07, 6.45) is -3.86. The van der Waals surface area contributed by atoms with Crippen molar-refractivity contribution in [1.82, 2.24) is 9.46 Å². The number of carbonyl (C=O) groups excluding carboxylic acids is 1. The van der Waals surface area contributed by atoms with Crippen LogP contribution in [0.4, 0.5) is 29.1 Å². The molecule has 2 aliphatic heterocycles. The maximum Gasteiger partial charge on any atom is 0.416 e. The lowest BCUT2D eigenvalue weighted by atomic mass is 9.95. The fourth-order valence-corrected chi connectivity index (χ4v) is 6.38. The Morgan fingerprint density at radius 2 is 1.98 bits per heavy atom. The van der Waals surface area contributed by atoms with E-state index in [1.807, 2.05) is 0 Å². The van der Waals surface area contributed by atoms with E-state index in [2.05, 4.69) is 14.4 Å². The van der Waals surface area contributed by atoms with Crippen molar-refractivity contribution < 1.29 is 44.8 Å². The monoisotopic (exact) mass is 598 g/mol. The second-order valence-corrected chi connectivity index (χ2v) is 11.2. The molecule has 10 nitrogen and oxygen atoms in total. The zero-order valence-electron chi connectivity index (χ0n) is 21.9. The zero-order valence-corrected chi connectivity index (χ0v) is 22.8. The van der Waals surface area contributed by atoms with Crippen LogP contribution in [0.15, 0.2) is 47.2 Å². The Kier molecular flexibility index (Phi) is 7.70. The number of rotatable bonds is 7. The average molecular weight is 599 g/mol. The molecular formula is C26H26F4N4O6S. The number of amides is 1. The van der Waals surface area contributed by atoms with Crippen LogP contribution in [0.1, 0.15) is 24.5 Å². The predicted octanol–water partition coefficient (Wildman–Crippen LogP) is 4.23. The number of hydrogen-bond donors (Lipinski definition) is 1. The molecule has 41 heavy (non-hydrogen) atoms. The number of aromatic nitrogens is 1. The van der Waals surface area contributed by atoms with Crippen molar-refractivity contribution in [1.29, 1.82) is 0 Å². The van der Waals surface area contributed by atoms with E-state index >= 15 is 4.39 Å². The molecule has 2 saturated heterocycles. The Balaban J connectivity index is 1.45. The van der Waals surface area contributed by atoms with E-state index in [0.29, 0.717) is 0 Å². The van der Waals surface area contributed by atoms with Crippen molar-refractivity contribution >= 4 is 27.6 Å². The van der Waals surface area contributed by atoms with Gasteiger partial charge in [-0.15, -0.1) is 0 Å². The highest BCUT2D eigenvalue weighted by atomic mass is 32.2. The first-order valence-corrected chi connectivity index (χ1v) is 14.1. The molecule has 15 heteroatoms. The number of piperidine rings is 1. The molecule has 0 aliphatic carbocycles. The summed E-state index contributed by atoms with van der Waals surface area (Å²) in [5, 5.41) is 3.54. The number of carbonyl (C=O) groups is 1. The molecule has 1 aromatic heterocycles. The SMILES string of the molecule is CCc1ccc(-c2cc(OC)c(N3C(=O)CO[C@@H]4CN(S(=O)(=O)Nc5ccon5)CC[C@H]43)cc2F)cc1C(F)(F)F. The lowest BCUT2D eigenvalue weighted by molar-refractivity contribution is -0.138. The third-order valence-electron chi connectivity index (χ3n) is 7.15. The van der Waals surface area contributed by atoms with E-state index in [1.54, 1.807) is 6.92 Å². The van der Waals surface area contributed by atoms with Gasteiger partial charge in [0, 0.05) is 30.8 Å². The van der Waals surface area contributed by atoms with Gasteiger partial charge in [0.2, 0.25) is 0 Å². The minimum absolute atomic E-state index is 0.000444.